The Kier molecular flexibility index (Phi) is 24.4. The van der Waals surface area contributed by atoms with Crippen molar-refractivity contribution < 1.29 is 107 Å². The number of amides is 7. The fraction of sp³-hybridized carbons (Fsp3) is 0.625. The zero-order valence-corrected chi connectivity index (χ0v) is 51.1. The van der Waals surface area contributed by atoms with Gasteiger partial charge in [0.2, 0.25) is 0 Å². The molecule has 33 heteroatoms. The van der Waals surface area contributed by atoms with E-state index in [1.807, 2.05) is 0 Å². The van der Waals surface area contributed by atoms with E-state index in [-0.39, 0.29) is 29.1 Å². The van der Waals surface area contributed by atoms with Gasteiger partial charge in [-0.25, -0.2) is 24.0 Å². The van der Waals surface area contributed by atoms with Gasteiger partial charge in [0.15, 0.2) is 6.29 Å². The van der Waals surface area contributed by atoms with Crippen LogP contribution in [0.5, 0.6) is 0 Å². The summed E-state index contributed by atoms with van der Waals surface area (Å²) >= 11 is 0. The number of nitro benzene ring substituents is 2. The monoisotopic (exact) mass is 1260 g/mol. The summed E-state index contributed by atoms with van der Waals surface area (Å²) in [7, 11) is 1.23. The van der Waals surface area contributed by atoms with Crippen molar-refractivity contribution in [2.75, 3.05) is 33.3 Å². The van der Waals surface area contributed by atoms with Gasteiger partial charge in [-0.05, 0) is 124 Å². The van der Waals surface area contributed by atoms with Crippen molar-refractivity contribution in [1.29, 1.82) is 0 Å². The minimum absolute atomic E-state index is 0.0746. The second kappa shape index (κ2) is 30.3. The van der Waals surface area contributed by atoms with E-state index in [0.29, 0.717) is 5.56 Å². The minimum Gasteiger partial charge on any atom is -0.491 e. The van der Waals surface area contributed by atoms with Crippen molar-refractivity contribution >= 4 is 53.7 Å². The lowest BCUT2D eigenvalue weighted by Crippen LogP contribution is -2.71. The van der Waals surface area contributed by atoms with Gasteiger partial charge in [-0.3, -0.25) is 29.8 Å². The Hall–Kier alpha value is -8.21. The van der Waals surface area contributed by atoms with E-state index in [1.54, 1.807) is 62.3 Å². The van der Waals surface area contributed by atoms with E-state index in [4.69, 9.17) is 37.9 Å². The maximum atomic E-state index is 14.1. The lowest BCUT2D eigenvalue weighted by atomic mass is 9.72. The van der Waals surface area contributed by atoms with Crippen LogP contribution in [0.25, 0.3) is 0 Å². The third-order valence-electron chi connectivity index (χ3n) is 13.6. The van der Waals surface area contributed by atoms with Crippen LogP contribution in [0.2, 0.25) is 0 Å². The number of hydrogen-bond acceptors (Lipinski definition) is 24. The summed E-state index contributed by atoms with van der Waals surface area (Å²) in [5, 5.41) is 96.3. The van der Waals surface area contributed by atoms with Crippen LogP contribution in [0.15, 0.2) is 60.4 Å². The van der Waals surface area contributed by atoms with Crippen LogP contribution in [0.1, 0.15) is 93.2 Å². The molecule has 11 N–H and O–H groups in total. The van der Waals surface area contributed by atoms with Gasteiger partial charge in [0, 0.05) is 43.3 Å². The summed E-state index contributed by atoms with van der Waals surface area (Å²) in [6.45, 7) is 12.2. The molecule has 2 heterocycles. The topological polar surface area (TPSA) is 456 Å². The number of nitrogens with one attached hydrogen (secondary N) is 6. The highest BCUT2D eigenvalue weighted by molar-refractivity contribution is 5.82. The lowest BCUT2D eigenvalue weighted by molar-refractivity contribution is -0.385. The van der Waals surface area contributed by atoms with E-state index in [0.717, 1.165) is 4.90 Å². The minimum atomic E-state index is -2.11. The highest BCUT2D eigenvalue weighted by Gasteiger charge is 2.57. The van der Waals surface area contributed by atoms with E-state index >= 15 is 0 Å². The van der Waals surface area contributed by atoms with Gasteiger partial charge in [0.1, 0.15) is 71.9 Å². The fourth-order valence-electron chi connectivity index (χ4n) is 9.63. The second-order valence-corrected chi connectivity index (χ2v) is 24.6. The molecule has 0 spiro atoms. The molecule has 5 rings (SSSR count). The predicted molar refractivity (Wildman–Crippen MR) is 307 cm³/mol. The van der Waals surface area contributed by atoms with Crippen molar-refractivity contribution in [2.45, 2.75) is 185 Å². The number of nitro groups is 2. The number of aliphatic hydroxyl groups is 5. The molecule has 33 nitrogen and oxygen atoms in total. The number of carbonyl (C=O) groups is 7. The normalized spacial score (nSPS) is 25.1. The van der Waals surface area contributed by atoms with Gasteiger partial charge < -0.3 is 100 Å². The summed E-state index contributed by atoms with van der Waals surface area (Å²) in [5.41, 5.74) is -4.84. The first-order valence-corrected chi connectivity index (χ1v) is 28.2. The molecule has 2 aliphatic heterocycles. The lowest BCUT2D eigenvalue weighted by Gasteiger charge is -2.52. The van der Waals surface area contributed by atoms with Gasteiger partial charge in [0.25, 0.3) is 23.2 Å². The zero-order valence-electron chi connectivity index (χ0n) is 51.1. The number of non-ortho nitro benzene ring substituents is 2. The number of alkyl carbamates (subject to hydrolysis) is 4. The quantitative estimate of drug-likeness (QED) is 0.0483. The summed E-state index contributed by atoms with van der Waals surface area (Å²) in [5.74, 6) is -3.89. The second-order valence-electron chi connectivity index (χ2n) is 24.6. The van der Waals surface area contributed by atoms with Crippen molar-refractivity contribution in [3.63, 3.8) is 0 Å². The van der Waals surface area contributed by atoms with Gasteiger partial charge in [0.05, 0.1) is 60.3 Å². The molecule has 1 saturated heterocycles. The number of benzene rings is 2. The van der Waals surface area contributed by atoms with E-state index in [2.05, 4.69) is 31.9 Å². The van der Waals surface area contributed by atoms with Gasteiger partial charge in [-0.1, -0.05) is 0 Å². The third-order valence-corrected chi connectivity index (χ3v) is 13.6. The molecule has 2 unspecified atom stereocenters. The first-order chi connectivity index (χ1) is 41.3. The smallest absolute Gasteiger partial charge is 0.410 e. The van der Waals surface area contributed by atoms with Crippen LogP contribution >= 0.6 is 0 Å². The molecule has 7 amide bonds. The molecule has 494 valence electrons. The molecule has 2 fully saturated rings. The molecule has 0 aromatic heterocycles. The van der Waals surface area contributed by atoms with Gasteiger partial charge in [-0.15, -0.1) is 0 Å². The maximum absolute atomic E-state index is 14.1. The fourth-order valence-corrected chi connectivity index (χ4v) is 9.63. The zero-order chi connectivity index (χ0) is 66.5. The number of carbonyl (C=O) groups excluding carboxylic acids is 7. The SMILES string of the molecule is CN(C(=O)OC(C)(C)C)[C@@H]1[C@@H](O)[C@@H](O[C@@H]2[C@@H](O)[C@H](C3OC(CNC(=O)C(O)CNC(=O)OC(C)(C)C)=CC[C@H]3NC(=O)OCc3ccc([N+](=O)[O-])cc3)[C@@H](NC(=O)OCc3ccc([N+](=O)[O-])cc3)C[C@H]2NC(=O)[C@@H](O)CNC(=O)OC(C)(C)C)OC[C@]1(C)O. The highest BCUT2D eigenvalue weighted by Crippen LogP contribution is 2.39. The molecule has 13 atom stereocenters. The molecule has 2 aromatic rings. The van der Waals surface area contributed by atoms with Crippen LogP contribution in [-0.2, 0) is 60.7 Å². The first-order valence-electron chi connectivity index (χ1n) is 28.2. The van der Waals surface area contributed by atoms with Gasteiger partial charge in [-0.2, -0.15) is 0 Å². The molecule has 2 aromatic carbocycles. The maximum Gasteiger partial charge on any atom is 0.410 e. The van der Waals surface area contributed by atoms with Crippen LogP contribution < -0.4 is 31.9 Å². The van der Waals surface area contributed by atoms with Crippen molar-refractivity contribution in [3.8, 4) is 0 Å². The third kappa shape index (κ3) is 21.8. The van der Waals surface area contributed by atoms with Crippen LogP contribution in [0.4, 0.5) is 35.3 Å². The number of rotatable bonds is 21. The standard InChI is InChI=1S/C56H81N9O24/c1-53(2,3)87-48(72)58-24-37(66)45(70)57-23-33-20-21-34(61-50(74)82-26-29-12-16-31(17-13-29)64(78)79)42(85-33)39-35(62-51(75)83-27-30-14-18-32(19-15-30)65(80)81)22-36(60-46(71)38(67)25-59-49(73)88-54(4,5)6)43(40(39)68)86-47-41(69)44(56(10,77)28-84-47)63(11)52(76)89-55(7,8)9/h12-20,34-44,47,66-69,77H,21-28H2,1-11H3,(H,57,70)(H,58,72)(H,59,73)(H,60,71)(H,61,74)(H,62,75)/t34-,35+,36-,37?,38+,39-,40+,41-,42?,43+,44-,47-,56+/m1/s1. The summed E-state index contributed by atoms with van der Waals surface area (Å²) in [6, 6.07) is 4.09. The molecule has 1 saturated carbocycles. The molecular weight excluding hydrogens is 1180 g/mol. The predicted octanol–water partition coefficient (Wildman–Crippen LogP) is 1.91. The first kappa shape index (κ1) is 71.5. The van der Waals surface area contributed by atoms with E-state index in [9.17, 15) is 79.3 Å². The summed E-state index contributed by atoms with van der Waals surface area (Å²) in [4.78, 5) is 116. The Morgan fingerprint density at radius 3 is 1.62 bits per heavy atom. The highest BCUT2D eigenvalue weighted by atomic mass is 16.7. The number of ether oxygens (including phenoxy) is 8. The number of aliphatic hydroxyl groups excluding tert-OH is 4. The Bertz CT molecular complexity index is 2860. The van der Waals surface area contributed by atoms with E-state index < -0.39 is 193 Å². The average molecular weight is 1260 g/mol. The Balaban J connectivity index is 1.58. The summed E-state index contributed by atoms with van der Waals surface area (Å²) in [6.07, 6.45) is -17.9. The number of hydrogen-bond donors (Lipinski definition) is 11. The largest absolute Gasteiger partial charge is 0.491 e. The van der Waals surface area contributed by atoms with Crippen LogP contribution in [0.3, 0.4) is 0 Å². The Labute approximate surface area is 511 Å². The summed E-state index contributed by atoms with van der Waals surface area (Å²) < 4.78 is 45.8. The van der Waals surface area contributed by atoms with Gasteiger partial charge >= 0.3 is 30.5 Å². The Morgan fingerprint density at radius 1 is 0.674 bits per heavy atom. The average Bonchev–Trinajstić information content (AvgIpc) is 1.06. The van der Waals surface area contributed by atoms with Crippen LogP contribution in [0, 0.1) is 26.1 Å². The van der Waals surface area contributed by atoms with E-state index in [1.165, 1.54) is 68.6 Å². The van der Waals surface area contributed by atoms with Crippen molar-refractivity contribution in [2.24, 2.45) is 5.92 Å². The molecule has 1 aliphatic carbocycles. The van der Waals surface area contributed by atoms with Crippen LogP contribution in [-0.4, -0.2) is 205 Å². The molecule has 89 heavy (non-hydrogen) atoms. The number of likely N-dealkylation sites (N-methyl/N-ethyl adjacent to an activating group) is 1. The van der Waals surface area contributed by atoms with Crippen molar-refractivity contribution in [3.05, 3.63) is 91.7 Å². The number of nitrogens with zero attached hydrogens (tertiary/aromatic N) is 3. The van der Waals surface area contributed by atoms with Crippen molar-refractivity contribution in [1.82, 2.24) is 36.8 Å². The molecule has 0 bridgehead atoms. The molecule has 3 aliphatic rings. The molecular formula is C56H81N9O24. The Morgan fingerprint density at radius 2 is 1.15 bits per heavy atom. The molecule has 0 radical (unpaired) electrons.